The number of hydrogen-bond acceptors (Lipinski definition) is 3. The predicted octanol–water partition coefficient (Wildman–Crippen LogP) is 2.69. The summed E-state index contributed by atoms with van der Waals surface area (Å²) in [6.45, 7) is 7.91. The number of nitrogens with zero attached hydrogens (tertiary/aromatic N) is 2. The van der Waals surface area contributed by atoms with Gasteiger partial charge in [0.1, 0.15) is 0 Å². The van der Waals surface area contributed by atoms with Crippen LogP contribution in [0, 0.1) is 5.92 Å². The van der Waals surface area contributed by atoms with Crippen molar-refractivity contribution < 1.29 is 13.2 Å². The molecule has 1 N–H and O–H groups in total. The monoisotopic (exact) mass is 377 g/mol. The minimum Gasteiger partial charge on any atom is -0.349 e. The summed E-state index contributed by atoms with van der Waals surface area (Å²) in [5.41, 5.74) is 1.54. The molecule has 0 aromatic heterocycles. The first-order chi connectivity index (χ1) is 12.2. The zero-order valence-corrected chi connectivity index (χ0v) is 16.6. The van der Waals surface area contributed by atoms with Crippen molar-refractivity contribution in [1.29, 1.82) is 0 Å². The fraction of sp³-hybridized carbons (Fsp3) is 0.474. The zero-order chi connectivity index (χ0) is 19.3. The van der Waals surface area contributed by atoms with Crippen molar-refractivity contribution in [2.24, 2.45) is 10.3 Å². The molecule has 1 atom stereocenters. The summed E-state index contributed by atoms with van der Waals surface area (Å²) in [5, 5.41) is 2.92. The molecule has 7 heteroatoms. The minimum absolute atomic E-state index is 0.00695. The summed E-state index contributed by atoms with van der Waals surface area (Å²) in [6, 6.07) is 9.62. The molecule has 0 saturated heterocycles. The van der Waals surface area contributed by atoms with Gasteiger partial charge in [0.2, 0.25) is 0 Å². The van der Waals surface area contributed by atoms with Gasteiger partial charge in [-0.3, -0.25) is 9.10 Å². The second kappa shape index (κ2) is 8.49. The van der Waals surface area contributed by atoms with E-state index in [1.807, 2.05) is 37.3 Å². The molecule has 1 aliphatic heterocycles. The maximum absolute atomic E-state index is 12.5. The number of nitrogens with one attached hydrogen (secondary N) is 1. The molecule has 0 aliphatic carbocycles. The summed E-state index contributed by atoms with van der Waals surface area (Å²) in [6.07, 6.45) is 2.80. The predicted molar refractivity (Wildman–Crippen MR) is 104 cm³/mol. The molecule has 142 valence electrons. The summed E-state index contributed by atoms with van der Waals surface area (Å²) in [4.78, 5) is 12.5. The van der Waals surface area contributed by atoms with Gasteiger partial charge >= 0.3 is 10.2 Å². The van der Waals surface area contributed by atoms with Crippen LogP contribution in [0.25, 0.3) is 0 Å². The van der Waals surface area contributed by atoms with E-state index >= 15 is 0 Å². The highest BCUT2D eigenvalue weighted by Gasteiger charge is 2.28. The molecular formula is C19H27N3O3S. The third kappa shape index (κ3) is 5.42. The van der Waals surface area contributed by atoms with E-state index in [9.17, 15) is 13.2 Å². The van der Waals surface area contributed by atoms with E-state index in [0.717, 1.165) is 16.3 Å². The van der Waals surface area contributed by atoms with Gasteiger partial charge in [0.25, 0.3) is 5.91 Å². The molecule has 26 heavy (non-hydrogen) atoms. The van der Waals surface area contributed by atoms with Crippen molar-refractivity contribution in [2.75, 3.05) is 6.54 Å². The van der Waals surface area contributed by atoms with Crippen LogP contribution in [0.5, 0.6) is 0 Å². The Labute approximate surface area is 156 Å². The normalized spacial score (nSPS) is 17.5. The van der Waals surface area contributed by atoms with E-state index in [2.05, 4.69) is 23.6 Å². The minimum atomic E-state index is -3.79. The fourth-order valence-electron chi connectivity index (χ4n) is 2.93. The van der Waals surface area contributed by atoms with Crippen molar-refractivity contribution in [2.45, 2.75) is 46.6 Å². The van der Waals surface area contributed by atoms with Crippen LogP contribution >= 0.6 is 0 Å². The van der Waals surface area contributed by atoms with Crippen molar-refractivity contribution in [3.05, 3.63) is 47.7 Å². The van der Waals surface area contributed by atoms with Crippen molar-refractivity contribution in [3.63, 3.8) is 0 Å². The molecule has 0 bridgehead atoms. The molecule has 1 aliphatic rings. The van der Waals surface area contributed by atoms with Crippen LogP contribution in [-0.4, -0.2) is 36.9 Å². The Morgan fingerprint density at radius 1 is 1.19 bits per heavy atom. The van der Waals surface area contributed by atoms with Crippen LogP contribution in [-0.2, 0) is 21.4 Å². The first-order valence-corrected chi connectivity index (χ1v) is 10.2. The van der Waals surface area contributed by atoms with Gasteiger partial charge in [0.15, 0.2) is 0 Å². The standard InChI is InChI=1S/C19H27N3O3S/c1-14(2)12-15(3)20-19(23)18-13-22(26(24,25)21-16(18)4)11-10-17-8-6-5-7-9-17/h5-9,13-15H,10-12H2,1-4H3,(H,20,23). The molecule has 0 saturated carbocycles. The van der Waals surface area contributed by atoms with Gasteiger partial charge in [-0.25, -0.2) is 0 Å². The molecular weight excluding hydrogens is 350 g/mol. The average molecular weight is 378 g/mol. The van der Waals surface area contributed by atoms with E-state index < -0.39 is 10.2 Å². The molecule has 1 amide bonds. The topological polar surface area (TPSA) is 78.8 Å². The SMILES string of the molecule is CC1=NS(=O)(=O)N(CCc2ccccc2)C=C1C(=O)NC(C)CC(C)C. The molecule has 6 nitrogen and oxygen atoms in total. The van der Waals surface area contributed by atoms with E-state index in [-0.39, 0.29) is 24.2 Å². The van der Waals surface area contributed by atoms with E-state index in [4.69, 9.17) is 0 Å². The van der Waals surface area contributed by atoms with Gasteiger partial charge in [-0.1, -0.05) is 44.2 Å². The highest BCUT2D eigenvalue weighted by Crippen LogP contribution is 2.18. The second-order valence-electron chi connectivity index (χ2n) is 7.05. The number of rotatable bonds is 7. The third-order valence-corrected chi connectivity index (χ3v) is 5.51. The van der Waals surface area contributed by atoms with E-state index in [0.29, 0.717) is 17.9 Å². The van der Waals surface area contributed by atoms with E-state index in [1.165, 1.54) is 6.20 Å². The summed E-state index contributed by atoms with van der Waals surface area (Å²) < 4.78 is 29.5. The maximum atomic E-state index is 12.5. The molecule has 2 rings (SSSR count). The lowest BCUT2D eigenvalue weighted by Crippen LogP contribution is -2.39. The number of hydrogen-bond donors (Lipinski definition) is 1. The number of carbonyl (C=O) groups excluding carboxylic acids is 1. The van der Waals surface area contributed by atoms with Gasteiger partial charge in [-0.2, -0.15) is 8.42 Å². The summed E-state index contributed by atoms with van der Waals surface area (Å²) in [5.74, 6) is 0.169. The Morgan fingerprint density at radius 3 is 2.46 bits per heavy atom. The first kappa shape index (κ1) is 20.2. The summed E-state index contributed by atoms with van der Waals surface area (Å²) in [7, 11) is -3.79. The largest absolute Gasteiger partial charge is 0.349 e. The molecule has 1 aromatic rings. The molecule has 0 radical (unpaired) electrons. The number of carbonyl (C=O) groups is 1. The average Bonchev–Trinajstić information content (AvgIpc) is 2.53. The Kier molecular flexibility index (Phi) is 6.58. The lowest BCUT2D eigenvalue weighted by atomic mass is 10.0. The lowest BCUT2D eigenvalue weighted by molar-refractivity contribution is -0.117. The van der Waals surface area contributed by atoms with Crippen LogP contribution in [0.1, 0.15) is 39.7 Å². The van der Waals surface area contributed by atoms with E-state index in [1.54, 1.807) is 6.92 Å². The first-order valence-electron chi connectivity index (χ1n) is 8.84. The number of benzene rings is 1. The second-order valence-corrected chi connectivity index (χ2v) is 8.59. The Balaban J connectivity index is 2.13. The molecule has 0 spiro atoms. The van der Waals surface area contributed by atoms with Crippen LogP contribution in [0.15, 0.2) is 46.5 Å². The van der Waals surface area contributed by atoms with Crippen molar-refractivity contribution in [3.8, 4) is 0 Å². The molecule has 1 heterocycles. The smallest absolute Gasteiger partial charge is 0.344 e. The highest BCUT2D eigenvalue weighted by molar-refractivity contribution is 7.88. The summed E-state index contributed by atoms with van der Waals surface area (Å²) >= 11 is 0. The van der Waals surface area contributed by atoms with Crippen LogP contribution in [0.3, 0.4) is 0 Å². The molecule has 1 aromatic carbocycles. The Bertz CT molecular complexity index is 799. The van der Waals surface area contributed by atoms with Crippen LogP contribution < -0.4 is 5.32 Å². The van der Waals surface area contributed by atoms with Crippen molar-refractivity contribution in [1.82, 2.24) is 9.62 Å². The lowest BCUT2D eigenvalue weighted by Gasteiger charge is -2.24. The third-order valence-electron chi connectivity index (χ3n) is 4.12. The quantitative estimate of drug-likeness (QED) is 0.793. The van der Waals surface area contributed by atoms with Crippen LogP contribution in [0.4, 0.5) is 0 Å². The van der Waals surface area contributed by atoms with Crippen LogP contribution in [0.2, 0.25) is 0 Å². The van der Waals surface area contributed by atoms with Gasteiger partial charge < -0.3 is 5.32 Å². The maximum Gasteiger partial charge on any atom is 0.344 e. The van der Waals surface area contributed by atoms with Crippen molar-refractivity contribution >= 4 is 21.8 Å². The highest BCUT2D eigenvalue weighted by atomic mass is 32.2. The fourth-order valence-corrected chi connectivity index (χ4v) is 4.04. The molecule has 1 unspecified atom stereocenters. The number of amides is 1. The van der Waals surface area contributed by atoms with Gasteiger partial charge in [-0.05, 0) is 38.2 Å². The van der Waals surface area contributed by atoms with Gasteiger partial charge in [0.05, 0.1) is 11.3 Å². The Morgan fingerprint density at radius 2 is 1.85 bits per heavy atom. The van der Waals surface area contributed by atoms with Gasteiger partial charge in [0, 0.05) is 18.8 Å². The molecule has 0 fully saturated rings. The van der Waals surface area contributed by atoms with Gasteiger partial charge in [-0.15, -0.1) is 4.40 Å². The zero-order valence-electron chi connectivity index (χ0n) is 15.8. The Hall–Kier alpha value is -2.15.